The molecule has 0 saturated heterocycles. The molecule has 2 aromatic heterocycles. The second-order valence-electron chi connectivity index (χ2n) is 5.05. The highest BCUT2D eigenvalue weighted by atomic mass is 35.5. The van der Waals surface area contributed by atoms with Gasteiger partial charge >= 0.3 is 0 Å². The Morgan fingerprint density at radius 2 is 2.05 bits per heavy atom. The highest BCUT2D eigenvalue weighted by Crippen LogP contribution is 2.22. The summed E-state index contributed by atoms with van der Waals surface area (Å²) < 4.78 is 6.78. The van der Waals surface area contributed by atoms with Gasteiger partial charge in [-0.15, -0.1) is 0 Å². The van der Waals surface area contributed by atoms with Crippen molar-refractivity contribution in [3.05, 3.63) is 34.0 Å². The van der Waals surface area contributed by atoms with Gasteiger partial charge < -0.3 is 9.64 Å². The third kappa shape index (κ3) is 3.51. The van der Waals surface area contributed by atoms with Crippen molar-refractivity contribution in [2.45, 2.75) is 27.0 Å². The largest absolute Gasteiger partial charge is 0.377 e. The first-order valence-electron chi connectivity index (χ1n) is 6.65. The van der Waals surface area contributed by atoms with Crippen LogP contribution in [0.5, 0.6) is 0 Å². The lowest BCUT2D eigenvalue weighted by Crippen LogP contribution is -2.19. The molecular formula is C14H20ClN5O. The predicted molar refractivity (Wildman–Crippen MR) is 82.5 cm³/mol. The van der Waals surface area contributed by atoms with E-state index in [0.29, 0.717) is 24.1 Å². The number of aromatic nitrogens is 4. The average Bonchev–Trinajstić information content (AvgIpc) is 2.65. The van der Waals surface area contributed by atoms with Crippen LogP contribution in [0.2, 0.25) is 5.15 Å². The zero-order valence-corrected chi connectivity index (χ0v) is 13.8. The summed E-state index contributed by atoms with van der Waals surface area (Å²) in [6, 6.07) is 1.94. The van der Waals surface area contributed by atoms with Crippen LogP contribution in [0.4, 0.5) is 5.82 Å². The lowest BCUT2D eigenvalue weighted by Gasteiger charge is -2.19. The Morgan fingerprint density at radius 1 is 1.33 bits per heavy atom. The zero-order valence-electron chi connectivity index (χ0n) is 13.0. The van der Waals surface area contributed by atoms with Gasteiger partial charge in [-0.25, -0.2) is 9.97 Å². The monoisotopic (exact) mass is 309 g/mol. The predicted octanol–water partition coefficient (Wildman–Crippen LogP) is 2.26. The van der Waals surface area contributed by atoms with E-state index in [9.17, 15) is 0 Å². The summed E-state index contributed by atoms with van der Waals surface area (Å²) in [6.45, 7) is 4.94. The first-order chi connectivity index (χ1) is 9.92. The highest BCUT2D eigenvalue weighted by molar-refractivity contribution is 6.30. The molecule has 0 bridgehead atoms. The Kier molecular flexibility index (Phi) is 4.80. The van der Waals surface area contributed by atoms with E-state index >= 15 is 0 Å². The molecule has 0 aromatic carbocycles. The third-order valence-corrected chi connectivity index (χ3v) is 3.69. The smallest absolute Gasteiger partial charge is 0.156 e. The molecule has 2 aromatic rings. The third-order valence-electron chi connectivity index (χ3n) is 3.22. The second-order valence-corrected chi connectivity index (χ2v) is 5.41. The molecule has 0 amide bonds. The summed E-state index contributed by atoms with van der Waals surface area (Å²) in [5, 5.41) is 4.98. The summed E-state index contributed by atoms with van der Waals surface area (Å²) >= 11 is 6.28. The van der Waals surface area contributed by atoms with Gasteiger partial charge in [0.05, 0.1) is 5.69 Å². The van der Waals surface area contributed by atoms with Crippen LogP contribution >= 0.6 is 11.6 Å². The second kappa shape index (κ2) is 6.41. The number of hydrogen-bond acceptors (Lipinski definition) is 5. The van der Waals surface area contributed by atoms with Gasteiger partial charge in [0.15, 0.2) is 5.82 Å². The van der Waals surface area contributed by atoms with Crippen LogP contribution in [0.25, 0.3) is 0 Å². The van der Waals surface area contributed by atoms with E-state index in [0.717, 1.165) is 22.8 Å². The lowest BCUT2D eigenvalue weighted by molar-refractivity contribution is 0.177. The Bertz CT molecular complexity index is 641. The number of anilines is 1. The molecule has 0 atom stereocenters. The Balaban J connectivity index is 2.25. The Morgan fingerprint density at radius 3 is 2.62 bits per heavy atom. The first-order valence-corrected chi connectivity index (χ1v) is 7.02. The first kappa shape index (κ1) is 15.7. The Hall–Kier alpha value is -1.66. The lowest BCUT2D eigenvalue weighted by atomic mass is 10.2. The summed E-state index contributed by atoms with van der Waals surface area (Å²) in [4.78, 5) is 10.9. The number of aryl methyl sites for hydroxylation is 3. The highest BCUT2D eigenvalue weighted by Gasteiger charge is 2.15. The van der Waals surface area contributed by atoms with Crippen molar-refractivity contribution in [1.82, 2.24) is 19.7 Å². The molecule has 6 nitrogen and oxygen atoms in total. The van der Waals surface area contributed by atoms with Gasteiger partial charge in [-0.2, -0.15) is 5.10 Å². The van der Waals surface area contributed by atoms with Crippen molar-refractivity contribution >= 4 is 17.4 Å². The molecule has 0 aliphatic heterocycles. The maximum absolute atomic E-state index is 6.28. The van der Waals surface area contributed by atoms with Crippen molar-refractivity contribution < 1.29 is 4.74 Å². The van der Waals surface area contributed by atoms with Crippen molar-refractivity contribution in [1.29, 1.82) is 0 Å². The SMILES string of the molecule is COCc1nc(C)cc(N(C)Cc2c(C)nn(C)c2Cl)n1. The quantitative estimate of drug-likeness (QED) is 0.848. The number of hydrogen-bond donors (Lipinski definition) is 0. The van der Waals surface area contributed by atoms with Crippen LogP contribution in [0.15, 0.2) is 6.07 Å². The van der Waals surface area contributed by atoms with E-state index in [1.807, 2.05) is 38.9 Å². The minimum absolute atomic E-state index is 0.398. The van der Waals surface area contributed by atoms with Gasteiger partial charge in [0.25, 0.3) is 0 Å². The molecule has 0 aliphatic carbocycles. The van der Waals surface area contributed by atoms with Crippen LogP contribution in [0.3, 0.4) is 0 Å². The minimum atomic E-state index is 0.398. The number of nitrogens with zero attached hydrogens (tertiary/aromatic N) is 5. The van der Waals surface area contributed by atoms with Crippen LogP contribution < -0.4 is 4.90 Å². The summed E-state index contributed by atoms with van der Waals surface area (Å²) in [6.07, 6.45) is 0. The molecule has 2 heterocycles. The fourth-order valence-electron chi connectivity index (χ4n) is 2.17. The van der Waals surface area contributed by atoms with E-state index < -0.39 is 0 Å². The van der Waals surface area contributed by atoms with Gasteiger partial charge in [0.2, 0.25) is 0 Å². The van der Waals surface area contributed by atoms with Crippen molar-refractivity contribution in [2.75, 3.05) is 19.1 Å². The zero-order chi connectivity index (χ0) is 15.6. The maximum atomic E-state index is 6.28. The number of halogens is 1. The van der Waals surface area contributed by atoms with Crippen molar-refractivity contribution in [2.24, 2.45) is 7.05 Å². The Labute approximate surface area is 129 Å². The van der Waals surface area contributed by atoms with Gasteiger partial charge in [0.1, 0.15) is 17.6 Å². The van der Waals surface area contributed by atoms with E-state index in [1.165, 1.54) is 0 Å². The number of rotatable bonds is 5. The number of ether oxygens (including phenoxy) is 1. The van der Waals surface area contributed by atoms with E-state index in [-0.39, 0.29) is 0 Å². The van der Waals surface area contributed by atoms with Crippen molar-refractivity contribution in [3.8, 4) is 0 Å². The molecule has 114 valence electrons. The summed E-state index contributed by atoms with van der Waals surface area (Å²) in [5.74, 6) is 1.52. The molecule has 0 fully saturated rings. The molecule has 21 heavy (non-hydrogen) atoms. The van der Waals surface area contributed by atoms with Gasteiger partial charge in [-0.1, -0.05) is 11.6 Å². The molecule has 7 heteroatoms. The topological polar surface area (TPSA) is 56.1 Å². The van der Waals surface area contributed by atoms with Crippen LogP contribution in [0.1, 0.15) is 22.8 Å². The molecule has 0 spiro atoms. The minimum Gasteiger partial charge on any atom is -0.377 e. The fraction of sp³-hybridized carbons (Fsp3) is 0.500. The summed E-state index contributed by atoms with van der Waals surface area (Å²) in [5.41, 5.74) is 2.84. The molecule has 2 rings (SSSR count). The van der Waals surface area contributed by atoms with E-state index in [1.54, 1.807) is 11.8 Å². The van der Waals surface area contributed by atoms with E-state index in [4.69, 9.17) is 16.3 Å². The normalized spacial score (nSPS) is 11.0. The standard InChI is InChI=1S/C14H20ClN5O/c1-9-6-13(17-12(16-9)8-21-5)19(3)7-11-10(2)18-20(4)14(11)15/h6H,7-8H2,1-5H3. The average molecular weight is 310 g/mol. The van der Waals surface area contributed by atoms with Crippen molar-refractivity contribution in [3.63, 3.8) is 0 Å². The molecule has 0 aliphatic rings. The maximum Gasteiger partial charge on any atom is 0.156 e. The van der Waals surface area contributed by atoms with Gasteiger partial charge in [-0.05, 0) is 13.8 Å². The van der Waals surface area contributed by atoms with Crippen LogP contribution in [-0.2, 0) is 24.9 Å². The van der Waals surface area contributed by atoms with E-state index in [2.05, 4.69) is 15.1 Å². The van der Waals surface area contributed by atoms with Gasteiger partial charge in [-0.3, -0.25) is 4.68 Å². The number of methoxy groups -OCH3 is 1. The van der Waals surface area contributed by atoms with Crippen LogP contribution in [0, 0.1) is 13.8 Å². The molecule has 0 radical (unpaired) electrons. The van der Waals surface area contributed by atoms with Crippen LogP contribution in [-0.4, -0.2) is 33.9 Å². The molecule has 0 N–H and O–H groups in total. The van der Waals surface area contributed by atoms with Gasteiger partial charge in [0, 0.05) is 45.1 Å². The molecular weight excluding hydrogens is 290 g/mol. The molecule has 0 unspecified atom stereocenters. The molecule has 0 saturated carbocycles. The fourth-order valence-corrected chi connectivity index (χ4v) is 2.41. The summed E-state index contributed by atoms with van der Waals surface area (Å²) in [7, 11) is 5.44.